The van der Waals surface area contributed by atoms with Crippen molar-refractivity contribution < 1.29 is 9.26 Å². The molecule has 0 spiro atoms. The van der Waals surface area contributed by atoms with Crippen LogP contribution in [0.3, 0.4) is 0 Å². The third-order valence-corrected chi connectivity index (χ3v) is 3.50. The Hall–Kier alpha value is -1.99. The van der Waals surface area contributed by atoms with Crippen molar-refractivity contribution in [2.75, 3.05) is 19.8 Å². The third-order valence-electron chi connectivity index (χ3n) is 3.50. The van der Waals surface area contributed by atoms with Gasteiger partial charge in [-0.3, -0.25) is 9.69 Å². The number of ether oxygens (including phenoxy) is 1. The molecule has 0 radical (unpaired) electrons. The van der Waals surface area contributed by atoms with Gasteiger partial charge < -0.3 is 14.2 Å². The Morgan fingerprint density at radius 2 is 2.29 bits per heavy atom. The Morgan fingerprint density at radius 1 is 1.43 bits per heavy atom. The lowest BCUT2D eigenvalue weighted by Gasteiger charge is -2.34. The molecule has 1 atom stereocenters. The summed E-state index contributed by atoms with van der Waals surface area (Å²) in [6.07, 6.45) is 0. The smallest absolute Gasteiger partial charge is 0.251 e. The van der Waals surface area contributed by atoms with Crippen LogP contribution in [-0.4, -0.2) is 39.8 Å². The van der Waals surface area contributed by atoms with Gasteiger partial charge in [0.05, 0.1) is 30.6 Å². The Bertz CT molecular complexity index is 679. The number of H-pyrrole nitrogens is 1. The molecule has 0 bridgehead atoms. The van der Waals surface area contributed by atoms with Crippen molar-refractivity contribution in [1.82, 2.24) is 20.0 Å². The fraction of sp³-hybridized carbons (Fsp3) is 0.500. The first kappa shape index (κ1) is 14.0. The van der Waals surface area contributed by atoms with E-state index in [1.807, 2.05) is 13.0 Å². The van der Waals surface area contributed by atoms with Crippen LogP contribution >= 0.6 is 0 Å². The zero-order valence-electron chi connectivity index (χ0n) is 12.1. The Balaban J connectivity index is 1.85. The molecule has 1 aliphatic rings. The van der Waals surface area contributed by atoms with Gasteiger partial charge in [0.25, 0.3) is 5.56 Å². The summed E-state index contributed by atoms with van der Waals surface area (Å²) in [6.45, 7) is 6.25. The molecule has 1 fully saturated rings. The van der Waals surface area contributed by atoms with E-state index in [1.54, 1.807) is 6.92 Å². The SMILES string of the molecule is Cc1nc([C@@H]2COCCN2Cc2cc(C)on2)cc(=O)[nH]1. The van der Waals surface area contributed by atoms with Gasteiger partial charge in [-0.05, 0) is 13.8 Å². The highest BCUT2D eigenvalue weighted by atomic mass is 16.5. The highest BCUT2D eigenvalue weighted by Gasteiger charge is 2.27. The molecular weight excluding hydrogens is 272 g/mol. The summed E-state index contributed by atoms with van der Waals surface area (Å²) in [5.41, 5.74) is 1.47. The van der Waals surface area contributed by atoms with Crippen LogP contribution in [0.1, 0.15) is 29.0 Å². The second-order valence-corrected chi connectivity index (χ2v) is 5.25. The minimum absolute atomic E-state index is 0.0447. The quantitative estimate of drug-likeness (QED) is 0.906. The van der Waals surface area contributed by atoms with Crippen LogP contribution in [0.4, 0.5) is 0 Å². The molecule has 0 aliphatic carbocycles. The van der Waals surface area contributed by atoms with Crippen LogP contribution in [0.5, 0.6) is 0 Å². The number of nitrogens with one attached hydrogen (secondary N) is 1. The molecular formula is C14H18N4O3. The fourth-order valence-corrected chi connectivity index (χ4v) is 2.57. The summed E-state index contributed by atoms with van der Waals surface area (Å²) in [6, 6.07) is 3.41. The molecule has 7 nitrogen and oxygen atoms in total. The maximum atomic E-state index is 11.6. The minimum Gasteiger partial charge on any atom is -0.378 e. The van der Waals surface area contributed by atoms with E-state index >= 15 is 0 Å². The molecule has 0 amide bonds. The molecule has 112 valence electrons. The van der Waals surface area contributed by atoms with E-state index in [9.17, 15) is 4.79 Å². The number of rotatable bonds is 3. The molecule has 0 unspecified atom stereocenters. The van der Waals surface area contributed by atoms with Gasteiger partial charge in [-0.15, -0.1) is 0 Å². The van der Waals surface area contributed by atoms with E-state index in [0.717, 1.165) is 23.7 Å². The summed E-state index contributed by atoms with van der Waals surface area (Å²) in [4.78, 5) is 20.9. The van der Waals surface area contributed by atoms with Crippen LogP contribution in [0.15, 0.2) is 21.5 Å². The minimum atomic E-state index is -0.139. The molecule has 1 N–H and O–H groups in total. The van der Waals surface area contributed by atoms with Crippen LogP contribution < -0.4 is 5.56 Å². The summed E-state index contributed by atoms with van der Waals surface area (Å²) in [5.74, 6) is 1.40. The second kappa shape index (κ2) is 5.79. The molecule has 0 saturated carbocycles. The van der Waals surface area contributed by atoms with Crippen LogP contribution in [0.25, 0.3) is 0 Å². The summed E-state index contributed by atoms with van der Waals surface area (Å²) in [5, 5.41) is 4.03. The molecule has 21 heavy (non-hydrogen) atoms. The third kappa shape index (κ3) is 3.20. The summed E-state index contributed by atoms with van der Waals surface area (Å²) < 4.78 is 10.7. The molecule has 1 aliphatic heterocycles. The van der Waals surface area contributed by atoms with E-state index in [1.165, 1.54) is 6.07 Å². The van der Waals surface area contributed by atoms with Crippen molar-refractivity contribution in [3.63, 3.8) is 0 Å². The Morgan fingerprint density at radius 3 is 3.00 bits per heavy atom. The molecule has 0 aromatic carbocycles. The maximum Gasteiger partial charge on any atom is 0.251 e. The second-order valence-electron chi connectivity index (χ2n) is 5.25. The molecule has 3 heterocycles. The molecule has 1 saturated heterocycles. The van der Waals surface area contributed by atoms with E-state index in [2.05, 4.69) is 20.0 Å². The lowest BCUT2D eigenvalue weighted by atomic mass is 10.1. The first-order valence-corrected chi connectivity index (χ1v) is 6.93. The first-order valence-electron chi connectivity index (χ1n) is 6.93. The number of hydrogen-bond acceptors (Lipinski definition) is 6. The number of aromatic nitrogens is 3. The van der Waals surface area contributed by atoms with Crippen LogP contribution in [-0.2, 0) is 11.3 Å². The Kier molecular flexibility index (Phi) is 3.85. The highest BCUT2D eigenvalue weighted by Crippen LogP contribution is 2.23. The number of aromatic amines is 1. The van der Waals surface area contributed by atoms with Crippen molar-refractivity contribution in [2.24, 2.45) is 0 Å². The molecule has 2 aromatic rings. The van der Waals surface area contributed by atoms with Crippen LogP contribution in [0.2, 0.25) is 0 Å². The van der Waals surface area contributed by atoms with E-state index < -0.39 is 0 Å². The average Bonchev–Trinajstić information content (AvgIpc) is 2.83. The van der Waals surface area contributed by atoms with Crippen molar-refractivity contribution in [3.05, 3.63) is 45.5 Å². The van der Waals surface area contributed by atoms with Gasteiger partial charge in [0, 0.05) is 25.2 Å². The number of aryl methyl sites for hydroxylation is 2. The number of nitrogens with zero attached hydrogens (tertiary/aromatic N) is 3. The Labute approximate surface area is 121 Å². The number of morpholine rings is 1. The molecule has 3 rings (SSSR count). The lowest BCUT2D eigenvalue weighted by molar-refractivity contribution is -0.0152. The lowest BCUT2D eigenvalue weighted by Crippen LogP contribution is -2.40. The van der Waals surface area contributed by atoms with Crippen molar-refractivity contribution in [1.29, 1.82) is 0 Å². The van der Waals surface area contributed by atoms with Gasteiger partial charge in [-0.25, -0.2) is 4.98 Å². The summed E-state index contributed by atoms with van der Waals surface area (Å²) in [7, 11) is 0. The predicted octanol–water partition coefficient (Wildman–Crippen LogP) is 0.948. The standard InChI is InChI=1S/C14H18N4O3/c1-9-5-11(17-21-9)7-18-3-4-20-8-13(18)12-6-14(19)16-10(2)15-12/h5-6,13H,3-4,7-8H2,1-2H3,(H,15,16,19)/t13-/m0/s1. The van der Waals surface area contributed by atoms with Crippen molar-refractivity contribution in [2.45, 2.75) is 26.4 Å². The van der Waals surface area contributed by atoms with Gasteiger partial charge in [0.15, 0.2) is 0 Å². The first-order chi connectivity index (χ1) is 10.1. The monoisotopic (exact) mass is 290 g/mol. The highest BCUT2D eigenvalue weighted by molar-refractivity contribution is 5.11. The van der Waals surface area contributed by atoms with E-state index in [0.29, 0.717) is 25.6 Å². The largest absolute Gasteiger partial charge is 0.378 e. The maximum absolute atomic E-state index is 11.6. The van der Waals surface area contributed by atoms with Gasteiger partial charge >= 0.3 is 0 Å². The van der Waals surface area contributed by atoms with Crippen molar-refractivity contribution in [3.8, 4) is 0 Å². The van der Waals surface area contributed by atoms with Crippen LogP contribution in [0, 0.1) is 13.8 Å². The molecule has 2 aromatic heterocycles. The zero-order valence-corrected chi connectivity index (χ0v) is 12.1. The van der Waals surface area contributed by atoms with Gasteiger partial charge in [0.1, 0.15) is 11.6 Å². The van der Waals surface area contributed by atoms with Gasteiger partial charge in [-0.2, -0.15) is 0 Å². The number of hydrogen-bond donors (Lipinski definition) is 1. The normalized spacial score (nSPS) is 19.8. The zero-order chi connectivity index (χ0) is 14.8. The van der Waals surface area contributed by atoms with E-state index in [-0.39, 0.29) is 11.6 Å². The predicted molar refractivity (Wildman–Crippen MR) is 74.8 cm³/mol. The topological polar surface area (TPSA) is 84.2 Å². The van der Waals surface area contributed by atoms with Gasteiger partial charge in [0.2, 0.25) is 0 Å². The van der Waals surface area contributed by atoms with Crippen molar-refractivity contribution >= 4 is 0 Å². The fourth-order valence-electron chi connectivity index (χ4n) is 2.57. The van der Waals surface area contributed by atoms with Gasteiger partial charge in [-0.1, -0.05) is 5.16 Å². The van der Waals surface area contributed by atoms with E-state index in [4.69, 9.17) is 9.26 Å². The average molecular weight is 290 g/mol. The summed E-state index contributed by atoms with van der Waals surface area (Å²) >= 11 is 0. The molecule has 7 heteroatoms.